The van der Waals surface area contributed by atoms with Crippen LogP contribution < -0.4 is 11.1 Å². The summed E-state index contributed by atoms with van der Waals surface area (Å²) in [5.74, 6) is 0. The van der Waals surface area contributed by atoms with Gasteiger partial charge < -0.3 is 11.1 Å². The number of nitrogens with two attached hydrogens (primary N) is 1. The molecule has 0 heterocycles. The largest absolute Gasteiger partial charge is 0.324 e. The molecule has 84 valence electrons. The molecule has 1 atom stereocenters. The monoisotopic (exact) mass is 224 g/mol. The summed E-state index contributed by atoms with van der Waals surface area (Å²) in [6.45, 7) is 4.08. The van der Waals surface area contributed by atoms with Gasteiger partial charge in [0.1, 0.15) is 0 Å². The van der Waals surface area contributed by atoms with Gasteiger partial charge in [0.25, 0.3) is 0 Å². The Hall–Kier alpha value is -0.510. The number of hydrogen-bond donors (Lipinski definition) is 2. The number of thioether (sulfide) groups is 1. The minimum Gasteiger partial charge on any atom is -0.324 e. The minimum absolute atomic E-state index is 0.188. The second-order valence-corrected chi connectivity index (χ2v) is 5.20. The Balaban J connectivity index is 2.93. The van der Waals surface area contributed by atoms with Crippen LogP contribution in [0.4, 0.5) is 0 Å². The van der Waals surface area contributed by atoms with Crippen LogP contribution in [0.3, 0.4) is 0 Å². The summed E-state index contributed by atoms with van der Waals surface area (Å²) in [4.78, 5) is 1.28. The second-order valence-electron chi connectivity index (χ2n) is 4.32. The number of rotatable bonds is 4. The van der Waals surface area contributed by atoms with E-state index in [-0.39, 0.29) is 11.6 Å². The van der Waals surface area contributed by atoms with Crippen molar-refractivity contribution >= 4 is 11.8 Å². The van der Waals surface area contributed by atoms with Gasteiger partial charge in [-0.3, -0.25) is 0 Å². The summed E-state index contributed by atoms with van der Waals surface area (Å²) in [7, 11) is 1.95. The zero-order valence-electron chi connectivity index (χ0n) is 9.87. The number of likely N-dealkylation sites (N-methyl/N-ethyl adjacent to an activating group) is 1. The van der Waals surface area contributed by atoms with Crippen LogP contribution in [0, 0.1) is 0 Å². The molecule has 1 rings (SSSR count). The average Bonchev–Trinajstić information content (AvgIpc) is 2.18. The molecule has 0 radical (unpaired) electrons. The molecule has 15 heavy (non-hydrogen) atoms. The van der Waals surface area contributed by atoms with Gasteiger partial charge in [-0.05, 0) is 44.8 Å². The summed E-state index contributed by atoms with van der Waals surface area (Å²) >= 11 is 1.75. The molecule has 3 N–H and O–H groups in total. The number of hydrogen-bond acceptors (Lipinski definition) is 3. The highest BCUT2D eigenvalue weighted by Crippen LogP contribution is 2.25. The van der Waals surface area contributed by atoms with Crippen LogP contribution in [0.25, 0.3) is 0 Å². The van der Waals surface area contributed by atoms with Crippen molar-refractivity contribution in [3.8, 4) is 0 Å². The van der Waals surface area contributed by atoms with Crippen LogP contribution in [0.1, 0.15) is 25.5 Å². The highest BCUT2D eigenvalue weighted by atomic mass is 32.2. The van der Waals surface area contributed by atoms with Gasteiger partial charge in [0.2, 0.25) is 0 Å². The van der Waals surface area contributed by atoms with Crippen molar-refractivity contribution in [2.45, 2.75) is 30.3 Å². The number of benzene rings is 1. The lowest BCUT2D eigenvalue weighted by molar-refractivity contribution is 0.370. The molecule has 0 aliphatic carbocycles. The summed E-state index contributed by atoms with van der Waals surface area (Å²) in [5.41, 5.74) is 7.11. The van der Waals surface area contributed by atoms with E-state index in [9.17, 15) is 0 Å². The number of nitrogens with one attached hydrogen (secondary N) is 1. The van der Waals surface area contributed by atoms with Crippen LogP contribution >= 0.6 is 11.8 Å². The van der Waals surface area contributed by atoms with Crippen molar-refractivity contribution in [1.82, 2.24) is 5.32 Å². The predicted molar refractivity (Wildman–Crippen MR) is 68.3 cm³/mol. The first kappa shape index (κ1) is 12.6. The van der Waals surface area contributed by atoms with E-state index in [0.717, 1.165) is 0 Å². The van der Waals surface area contributed by atoms with Crippen LogP contribution in [-0.2, 0) is 0 Å². The smallest absolute Gasteiger partial charge is 0.0495 e. The maximum Gasteiger partial charge on any atom is 0.0495 e. The molecular weight excluding hydrogens is 204 g/mol. The standard InChI is InChI=1S/C12H20N2S/c1-12(2,13)11(14-3)9-5-7-10(15-4)8-6-9/h5-8,11,14H,13H2,1-4H3. The molecule has 0 saturated heterocycles. The third-order valence-electron chi connectivity index (χ3n) is 2.48. The second kappa shape index (κ2) is 5.01. The fraction of sp³-hybridized carbons (Fsp3) is 0.500. The Bertz CT molecular complexity index is 300. The molecule has 0 amide bonds. The molecule has 1 unspecified atom stereocenters. The lowest BCUT2D eigenvalue weighted by atomic mass is 9.90. The zero-order valence-corrected chi connectivity index (χ0v) is 10.7. The fourth-order valence-corrected chi connectivity index (χ4v) is 2.17. The highest BCUT2D eigenvalue weighted by Gasteiger charge is 2.24. The Labute approximate surface area is 96.6 Å². The van der Waals surface area contributed by atoms with E-state index >= 15 is 0 Å². The molecule has 2 nitrogen and oxygen atoms in total. The first-order valence-corrected chi connectivity index (χ1v) is 6.31. The topological polar surface area (TPSA) is 38.0 Å². The van der Waals surface area contributed by atoms with Gasteiger partial charge in [0.15, 0.2) is 0 Å². The third-order valence-corrected chi connectivity index (χ3v) is 3.23. The molecule has 0 saturated carbocycles. The highest BCUT2D eigenvalue weighted by molar-refractivity contribution is 7.98. The predicted octanol–water partition coefficient (Wildman–Crippen LogP) is 2.41. The average molecular weight is 224 g/mol. The summed E-state index contributed by atoms with van der Waals surface area (Å²) in [6.07, 6.45) is 2.08. The van der Waals surface area contributed by atoms with Gasteiger partial charge in [0.05, 0.1) is 0 Å². The van der Waals surface area contributed by atoms with Gasteiger partial charge in [-0.1, -0.05) is 12.1 Å². The maximum atomic E-state index is 6.13. The van der Waals surface area contributed by atoms with Crippen molar-refractivity contribution in [3.05, 3.63) is 29.8 Å². The van der Waals surface area contributed by atoms with Crippen molar-refractivity contribution in [2.24, 2.45) is 5.73 Å². The van der Waals surface area contributed by atoms with E-state index in [2.05, 4.69) is 35.8 Å². The Morgan fingerprint density at radius 2 is 1.80 bits per heavy atom. The van der Waals surface area contributed by atoms with Crippen LogP contribution in [0.5, 0.6) is 0 Å². The normalized spacial score (nSPS) is 13.9. The van der Waals surface area contributed by atoms with Crippen molar-refractivity contribution in [2.75, 3.05) is 13.3 Å². The van der Waals surface area contributed by atoms with E-state index in [1.165, 1.54) is 10.5 Å². The quantitative estimate of drug-likeness (QED) is 0.771. The van der Waals surface area contributed by atoms with Crippen LogP contribution in [0.2, 0.25) is 0 Å². The summed E-state index contributed by atoms with van der Waals surface area (Å²) in [6, 6.07) is 8.74. The lowest BCUT2D eigenvalue weighted by Crippen LogP contribution is -2.45. The van der Waals surface area contributed by atoms with Crippen molar-refractivity contribution in [3.63, 3.8) is 0 Å². The van der Waals surface area contributed by atoms with Gasteiger partial charge in [-0.25, -0.2) is 0 Å². The molecule has 3 heteroatoms. The van der Waals surface area contributed by atoms with Crippen molar-refractivity contribution < 1.29 is 0 Å². The molecule has 1 aromatic rings. The van der Waals surface area contributed by atoms with Crippen molar-refractivity contribution in [1.29, 1.82) is 0 Å². The van der Waals surface area contributed by atoms with Crippen LogP contribution in [0.15, 0.2) is 29.2 Å². The van der Waals surface area contributed by atoms with E-state index in [4.69, 9.17) is 5.73 Å². The Kier molecular flexibility index (Phi) is 4.20. The Morgan fingerprint density at radius 3 is 2.13 bits per heavy atom. The van der Waals surface area contributed by atoms with Gasteiger partial charge >= 0.3 is 0 Å². The third kappa shape index (κ3) is 3.23. The maximum absolute atomic E-state index is 6.13. The first-order chi connectivity index (χ1) is 6.99. The molecule has 0 aliphatic rings. The first-order valence-electron chi connectivity index (χ1n) is 5.09. The van der Waals surface area contributed by atoms with Gasteiger partial charge in [0, 0.05) is 16.5 Å². The van der Waals surface area contributed by atoms with Gasteiger partial charge in [-0.15, -0.1) is 11.8 Å². The molecule has 1 aromatic carbocycles. The summed E-state index contributed by atoms with van der Waals surface area (Å²) in [5, 5.41) is 3.26. The van der Waals surface area contributed by atoms with E-state index in [0.29, 0.717) is 0 Å². The van der Waals surface area contributed by atoms with E-state index in [1.54, 1.807) is 11.8 Å². The van der Waals surface area contributed by atoms with E-state index < -0.39 is 0 Å². The molecular formula is C12H20N2S. The SMILES string of the molecule is CNC(c1ccc(SC)cc1)C(C)(C)N. The molecule has 0 aromatic heterocycles. The molecule has 0 bridgehead atoms. The van der Waals surface area contributed by atoms with Crippen LogP contribution in [-0.4, -0.2) is 18.8 Å². The fourth-order valence-electron chi connectivity index (χ4n) is 1.76. The molecule has 0 spiro atoms. The lowest BCUT2D eigenvalue weighted by Gasteiger charge is -2.30. The zero-order chi connectivity index (χ0) is 11.5. The minimum atomic E-state index is -0.254. The molecule has 0 aliphatic heterocycles. The molecule has 0 fully saturated rings. The van der Waals surface area contributed by atoms with Gasteiger partial charge in [-0.2, -0.15) is 0 Å². The van der Waals surface area contributed by atoms with E-state index in [1.807, 2.05) is 20.9 Å². The Morgan fingerprint density at radius 1 is 1.27 bits per heavy atom. The summed E-state index contributed by atoms with van der Waals surface area (Å²) < 4.78 is 0.